The Balaban J connectivity index is 0.000000811. The standard InChI is InChI=1S/C13H13O.CH3Br.Y/c1-3-14-13-9-12-7-5-4-6-11(12)8-10(13)2;1-2;/h4-9H,1,3H2,2H3;1H3;/q-1;;. The molecule has 0 bridgehead atoms. The summed E-state index contributed by atoms with van der Waals surface area (Å²) in [5, 5.41) is 2.46. The first-order valence-corrected chi connectivity index (χ1v) is 6.69. The van der Waals surface area contributed by atoms with E-state index in [0.717, 1.165) is 11.3 Å². The Morgan fingerprint density at radius 3 is 2.18 bits per heavy atom. The molecule has 2 rings (SSSR count). The van der Waals surface area contributed by atoms with Crippen LogP contribution in [0.25, 0.3) is 10.8 Å². The molecule has 0 amide bonds. The van der Waals surface area contributed by atoms with Crippen molar-refractivity contribution in [3.05, 3.63) is 48.9 Å². The molecule has 0 unspecified atom stereocenters. The topological polar surface area (TPSA) is 9.23 Å². The third-order valence-corrected chi connectivity index (χ3v) is 2.30. The molecular formula is C14H16BrOY-. The fraction of sp³-hybridized carbons (Fsp3) is 0.214. The molecule has 0 aliphatic carbocycles. The van der Waals surface area contributed by atoms with Crippen LogP contribution < -0.4 is 4.74 Å². The largest absolute Gasteiger partial charge is 0.525 e. The molecule has 0 saturated carbocycles. The van der Waals surface area contributed by atoms with E-state index in [1.807, 2.05) is 18.0 Å². The van der Waals surface area contributed by atoms with Crippen molar-refractivity contribution in [1.29, 1.82) is 0 Å². The average molecular weight is 369 g/mol. The van der Waals surface area contributed by atoms with Gasteiger partial charge < -0.3 is 11.7 Å². The summed E-state index contributed by atoms with van der Waals surface area (Å²) in [6, 6.07) is 12.5. The maximum atomic E-state index is 5.43. The average Bonchev–Trinajstić information content (AvgIpc) is 2.33. The first kappa shape index (κ1) is 17.1. The summed E-state index contributed by atoms with van der Waals surface area (Å²) in [4.78, 5) is 0. The second kappa shape index (κ2) is 9.07. The van der Waals surface area contributed by atoms with Crippen LogP contribution in [0.1, 0.15) is 5.56 Å². The van der Waals surface area contributed by atoms with Crippen LogP contribution in [-0.2, 0) is 32.7 Å². The van der Waals surface area contributed by atoms with Crippen LogP contribution in [0, 0.1) is 13.8 Å². The van der Waals surface area contributed by atoms with Gasteiger partial charge in [-0.15, -0.1) is 0 Å². The van der Waals surface area contributed by atoms with Gasteiger partial charge in [0.25, 0.3) is 0 Å². The molecule has 0 aromatic heterocycles. The van der Waals surface area contributed by atoms with Crippen molar-refractivity contribution >= 4 is 26.7 Å². The molecule has 2 aromatic rings. The zero-order valence-corrected chi connectivity index (χ0v) is 14.7. The Morgan fingerprint density at radius 2 is 1.65 bits per heavy atom. The Hall–Kier alpha value is 0.0839. The van der Waals surface area contributed by atoms with Crippen LogP contribution in [0.4, 0.5) is 0 Å². The first-order chi connectivity index (χ1) is 7.81. The molecule has 17 heavy (non-hydrogen) atoms. The molecule has 0 saturated heterocycles. The number of alkyl halides is 1. The van der Waals surface area contributed by atoms with Crippen molar-refractivity contribution in [3.63, 3.8) is 0 Å². The zero-order valence-electron chi connectivity index (χ0n) is 10.2. The van der Waals surface area contributed by atoms with Crippen molar-refractivity contribution in [2.24, 2.45) is 0 Å². The minimum Gasteiger partial charge on any atom is -0.525 e. The van der Waals surface area contributed by atoms with Crippen molar-refractivity contribution < 1.29 is 37.4 Å². The molecule has 0 heterocycles. The van der Waals surface area contributed by atoms with Crippen LogP contribution >= 0.6 is 15.9 Å². The summed E-state index contributed by atoms with van der Waals surface area (Å²) in [5.74, 6) is 2.74. The third-order valence-electron chi connectivity index (χ3n) is 2.30. The van der Waals surface area contributed by atoms with Gasteiger partial charge in [-0.25, -0.2) is 0 Å². The van der Waals surface area contributed by atoms with Crippen LogP contribution in [0.3, 0.4) is 0 Å². The minimum absolute atomic E-state index is 0. The molecule has 1 nitrogen and oxygen atoms in total. The van der Waals surface area contributed by atoms with E-state index in [-0.39, 0.29) is 32.7 Å². The molecular weight excluding hydrogens is 353 g/mol. The summed E-state index contributed by atoms with van der Waals surface area (Å²) >= 11 is 2.94. The molecule has 0 aliphatic heterocycles. The second-order valence-corrected chi connectivity index (χ2v) is 3.31. The van der Waals surface area contributed by atoms with Crippen molar-refractivity contribution in [3.8, 4) is 5.75 Å². The number of ether oxygens (including phenoxy) is 1. The molecule has 1 radical (unpaired) electrons. The summed E-state index contributed by atoms with van der Waals surface area (Å²) < 4.78 is 5.43. The summed E-state index contributed by atoms with van der Waals surface area (Å²) in [6.07, 6.45) is 0. The fourth-order valence-corrected chi connectivity index (χ4v) is 1.60. The molecule has 0 spiro atoms. The first-order valence-electron chi connectivity index (χ1n) is 5.10. The van der Waals surface area contributed by atoms with E-state index in [4.69, 9.17) is 4.74 Å². The number of hydrogen-bond donors (Lipinski definition) is 0. The minimum atomic E-state index is 0. The van der Waals surface area contributed by atoms with Crippen molar-refractivity contribution in [2.75, 3.05) is 12.4 Å². The maximum absolute atomic E-state index is 5.43. The van der Waals surface area contributed by atoms with Gasteiger partial charge >= 0.3 is 0 Å². The number of aryl methyl sites for hydroxylation is 1. The Bertz CT molecular complexity index is 457. The van der Waals surface area contributed by atoms with Gasteiger partial charge in [-0.2, -0.15) is 0 Å². The Labute approximate surface area is 137 Å². The smallest absolute Gasteiger partial charge is 0.118 e. The van der Waals surface area contributed by atoms with E-state index >= 15 is 0 Å². The van der Waals surface area contributed by atoms with E-state index in [9.17, 15) is 0 Å². The normalized spacial score (nSPS) is 8.94. The quantitative estimate of drug-likeness (QED) is 0.565. The summed E-state index contributed by atoms with van der Waals surface area (Å²) in [6.45, 7) is 6.20. The monoisotopic (exact) mass is 368 g/mol. The van der Waals surface area contributed by atoms with Gasteiger partial charge in [0.1, 0.15) is 5.75 Å². The van der Waals surface area contributed by atoms with Gasteiger partial charge in [-0.1, -0.05) is 40.2 Å². The maximum Gasteiger partial charge on any atom is 0.118 e. The number of benzene rings is 2. The summed E-state index contributed by atoms with van der Waals surface area (Å²) in [5.41, 5.74) is 1.16. The molecule has 0 aliphatic rings. The van der Waals surface area contributed by atoms with Crippen LogP contribution in [-0.4, -0.2) is 12.4 Å². The van der Waals surface area contributed by atoms with Crippen molar-refractivity contribution in [1.82, 2.24) is 0 Å². The van der Waals surface area contributed by atoms with Gasteiger partial charge in [0.15, 0.2) is 0 Å². The van der Waals surface area contributed by atoms with Crippen LogP contribution in [0.5, 0.6) is 5.75 Å². The third kappa shape index (κ3) is 4.69. The Kier molecular flexibility index (Phi) is 9.12. The van der Waals surface area contributed by atoms with Gasteiger partial charge in [0, 0.05) is 32.7 Å². The molecule has 0 fully saturated rings. The second-order valence-electron chi connectivity index (χ2n) is 3.31. The van der Waals surface area contributed by atoms with E-state index in [0.29, 0.717) is 6.61 Å². The van der Waals surface area contributed by atoms with Gasteiger partial charge in [-0.05, 0) is 47.8 Å². The molecule has 0 N–H and O–H groups in total. The SMILES string of the molecule is CBr.[CH2-]COc1cc2ccccc2cc1C.[Y]. The van der Waals surface area contributed by atoms with Crippen LogP contribution in [0.2, 0.25) is 0 Å². The number of hydrogen-bond acceptors (Lipinski definition) is 1. The molecule has 89 valence electrons. The van der Waals surface area contributed by atoms with Crippen molar-refractivity contribution in [2.45, 2.75) is 6.92 Å². The van der Waals surface area contributed by atoms with Gasteiger partial charge in [0.2, 0.25) is 0 Å². The number of fused-ring (bicyclic) bond motifs is 1. The molecule has 0 atom stereocenters. The Morgan fingerprint density at radius 1 is 1.12 bits per heavy atom. The summed E-state index contributed by atoms with van der Waals surface area (Å²) in [7, 11) is 0. The van der Waals surface area contributed by atoms with E-state index < -0.39 is 0 Å². The van der Waals surface area contributed by atoms with Gasteiger partial charge in [0.05, 0.1) is 0 Å². The van der Waals surface area contributed by atoms with E-state index in [1.54, 1.807) is 0 Å². The van der Waals surface area contributed by atoms with E-state index in [2.05, 4.69) is 54.0 Å². The predicted molar refractivity (Wildman–Crippen MR) is 74.4 cm³/mol. The van der Waals surface area contributed by atoms with Gasteiger partial charge in [-0.3, -0.25) is 0 Å². The number of halogens is 1. The predicted octanol–water partition coefficient (Wildman–Crippen LogP) is 4.37. The number of rotatable bonds is 2. The molecule has 3 heteroatoms. The van der Waals surface area contributed by atoms with Crippen LogP contribution in [0.15, 0.2) is 36.4 Å². The molecule has 2 aromatic carbocycles. The van der Waals surface area contributed by atoms with E-state index in [1.165, 1.54) is 10.8 Å². The fourth-order valence-electron chi connectivity index (χ4n) is 1.60. The zero-order chi connectivity index (χ0) is 12.0.